The van der Waals surface area contributed by atoms with Crippen LogP contribution in [0.5, 0.6) is 11.5 Å². The van der Waals surface area contributed by atoms with E-state index in [9.17, 15) is 10.1 Å². The number of methoxy groups -OCH3 is 2. The minimum atomic E-state index is -0.468. The van der Waals surface area contributed by atoms with Crippen molar-refractivity contribution in [3.63, 3.8) is 0 Å². The monoisotopic (exact) mass is 235 g/mol. The molecule has 0 fully saturated rings. The van der Waals surface area contributed by atoms with Gasteiger partial charge in [-0.05, 0) is 12.1 Å². The number of hydrogen-bond donors (Lipinski definition) is 0. The Bertz CT molecular complexity index is 466. The molecule has 0 amide bonds. The van der Waals surface area contributed by atoms with Gasteiger partial charge in [-0.3, -0.25) is 10.1 Å². The molecule has 90 valence electrons. The number of benzene rings is 1. The molecule has 1 aromatic rings. The van der Waals surface area contributed by atoms with Crippen LogP contribution in [0.1, 0.15) is 5.56 Å². The molecule has 1 rings (SSSR count). The number of nitrogens with zero attached hydrogens (tertiary/aromatic N) is 1. The summed E-state index contributed by atoms with van der Waals surface area (Å²) in [4.78, 5) is 10.4. The summed E-state index contributed by atoms with van der Waals surface area (Å²) in [6, 6.07) is 2.89. The Morgan fingerprint density at radius 3 is 2.35 bits per heavy atom. The van der Waals surface area contributed by atoms with E-state index in [1.807, 2.05) is 0 Å². The maximum absolute atomic E-state index is 10.9. The van der Waals surface area contributed by atoms with Crippen LogP contribution >= 0.6 is 0 Å². The maximum atomic E-state index is 10.9. The van der Waals surface area contributed by atoms with E-state index in [1.54, 1.807) is 24.3 Å². The number of hydrogen-bond acceptors (Lipinski definition) is 4. The van der Waals surface area contributed by atoms with Gasteiger partial charge < -0.3 is 9.47 Å². The van der Waals surface area contributed by atoms with Gasteiger partial charge in [0.25, 0.3) is 5.69 Å². The van der Waals surface area contributed by atoms with Crippen molar-refractivity contribution in [1.82, 2.24) is 0 Å². The summed E-state index contributed by atoms with van der Waals surface area (Å²) in [6.45, 7) is 3.51. The molecule has 0 saturated carbocycles. The van der Waals surface area contributed by atoms with Crippen molar-refractivity contribution < 1.29 is 14.4 Å². The average molecular weight is 235 g/mol. The molecule has 0 heterocycles. The Kier molecular flexibility index (Phi) is 4.28. The highest BCUT2D eigenvalue weighted by molar-refractivity contribution is 5.67. The van der Waals surface area contributed by atoms with Gasteiger partial charge in [0.2, 0.25) is 0 Å². The summed E-state index contributed by atoms with van der Waals surface area (Å²) in [5.41, 5.74) is 0.397. The van der Waals surface area contributed by atoms with E-state index in [0.29, 0.717) is 17.1 Å². The van der Waals surface area contributed by atoms with E-state index >= 15 is 0 Å². The van der Waals surface area contributed by atoms with E-state index in [1.165, 1.54) is 20.3 Å². The summed E-state index contributed by atoms with van der Waals surface area (Å²) in [6.07, 6.45) is 4.75. The molecule has 0 atom stereocenters. The molecule has 1 aromatic carbocycles. The molecular formula is C12H13NO4. The second-order valence-corrected chi connectivity index (χ2v) is 3.12. The van der Waals surface area contributed by atoms with Crippen LogP contribution in [0.4, 0.5) is 5.69 Å². The smallest absolute Gasteiger partial charge is 0.280 e. The topological polar surface area (TPSA) is 61.6 Å². The first-order valence-electron chi connectivity index (χ1n) is 4.83. The van der Waals surface area contributed by atoms with Crippen LogP contribution in [0.3, 0.4) is 0 Å². The first-order chi connectivity index (χ1) is 8.13. The van der Waals surface area contributed by atoms with Crippen LogP contribution in [0.2, 0.25) is 0 Å². The molecular weight excluding hydrogens is 222 g/mol. The molecule has 17 heavy (non-hydrogen) atoms. The zero-order chi connectivity index (χ0) is 12.8. The maximum Gasteiger partial charge on any atom is 0.280 e. The van der Waals surface area contributed by atoms with Crippen LogP contribution in [0.25, 0.3) is 6.08 Å². The zero-order valence-corrected chi connectivity index (χ0v) is 9.67. The van der Waals surface area contributed by atoms with Crippen molar-refractivity contribution in [2.24, 2.45) is 0 Å². The third-order valence-electron chi connectivity index (χ3n) is 2.14. The highest BCUT2D eigenvalue weighted by atomic mass is 16.6. The van der Waals surface area contributed by atoms with Gasteiger partial charge in [0.05, 0.1) is 30.8 Å². The molecule has 0 N–H and O–H groups in total. The molecule has 5 heteroatoms. The number of allylic oxidation sites excluding steroid dienone is 2. The van der Waals surface area contributed by atoms with E-state index in [0.717, 1.165) is 0 Å². The highest BCUT2D eigenvalue weighted by Crippen LogP contribution is 2.34. The Labute approximate surface area is 99.1 Å². The minimum absolute atomic E-state index is 0.0410. The van der Waals surface area contributed by atoms with Crippen LogP contribution in [0.15, 0.2) is 30.9 Å². The van der Waals surface area contributed by atoms with Gasteiger partial charge in [-0.2, -0.15) is 0 Å². The Morgan fingerprint density at radius 1 is 1.29 bits per heavy atom. The third kappa shape index (κ3) is 2.84. The molecule has 0 aliphatic carbocycles. The molecule has 0 spiro atoms. The number of nitro benzene ring substituents is 1. The number of rotatable bonds is 5. The van der Waals surface area contributed by atoms with Gasteiger partial charge in [0, 0.05) is 0 Å². The predicted molar refractivity (Wildman–Crippen MR) is 65.4 cm³/mol. The Hall–Kier alpha value is -2.30. The summed E-state index contributed by atoms with van der Waals surface area (Å²) in [5.74, 6) is 0.775. The largest absolute Gasteiger partial charge is 0.493 e. The number of nitro groups is 1. The second kappa shape index (κ2) is 5.69. The van der Waals surface area contributed by atoms with Crippen molar-refractivity contribution >= 4 is 11.8 Å². The molecule has 0 bridgehead atoms. The van der Waals surface area contributed by atoms with Gasteiger partial charge in [0.1, 0.15) is 0 Å². The zero-order valence-electron chi connectivity index (χ0n) is 9.67. The Balaban J connectivity index is 3.39. The minimum Gasteiger partial charge on any atom is -0.493 e. The van der Waals surface area contributed by atoms with Crippen LogP contribution in [-0.2, 0) is 0 Å². The van der Waals surface area contributed by atoms with Crippen molar-refractivity contribution in [3.05, 3.63) is 46.5 Å². The van der Waals surface area contributed by atoms with Gasteiger partial charge in [0.15, 0.2) is 11.5 Å². The average Bonchev–Trinajstić information content (AvgIpc) is 2.34. The molecule has 5 nitrogen and oxygen atoms in total. The SMILES string of the molecule is C=C/C=C/c1cc(OC)c(OC)cc1[N+](=O)[O-]. The van der Waals surface area contributed by atoms with Crippen LogP contribution in [-0.4, -0.2) is 19.1 Å². The lowest BCUT2D eigenvalue weighted by Gasteiger charge is -2.08. The number of ether oxygens (including phenoxy) is 2. The van der Waals surface area contributed by atoms with Crippen molar-refractivity contribution in [2.75, 3.05) is 14.2 Å². The van der Waals surface area contributed by atoms with Gasteiger partial charge in [-0.25, -0.2) is 0 Å². The first-order valence-corrected chi connectivity index (χ1v) is 4.83. The predicted octanol–water partition coefficient (Wildman–Crippen LogP) is 2.81. The van der Waals surface area contributed by atoms with Gasteiger partial charge in [-0.1, -0.05) is 18.7 Å². The van der Waals surface area contributed by atoms with Crippen molar-refractivity contribution in [2.45, 2.75) is 0 Å². The lowest BCUT2D eigenvalue weighted by molar-refractivity contribution is -0.385. The molecule has 0 aliphatic rings. The summed E-state index contributed by atoms with van der Waals surface area (Å²) in [5, 5.41) is 10.9. The standard InChI is InChI=1S/C12H13NO4/c1-4-5-6-9-7-11(16-2)12(17-3)8-10(9)13(14)15/h4-8H,1H2,2-3H3/b6-5+. The fourth-order valence-electron chi connectivity index (χ4n) is 1.35. The molecule has 0 aromatic heterocycles. The third-order valence-corrected chi connectivity index (χ3v) is 2.14. The van der Waals surface area contributed by atoms with E-state index in [2.05, 4.69) is 6.58 Å². The molecule has 0 saturated heterocycles. The lowest BCUT2D eigenvalue weighted by Crippen LogP contribution is -1.96. The van der Waals surface area contributed by atoms with Crippen molar-refractivity contribution in [3.8, 4) is 11.5 Å². The first kappa shape index (κ1) is 12.8. The van der Waals surface area contributed by atoms with Gasteiger partial charge >= 0.3 is 0 Å². The van der Waals surface area contributed by atoms with Gasteiger partial charge in [-0.15, -0.1) is 0 Å². The fourth-order valence-corrected chi connectivity index (χ4v) is 1.35. The van der Waals surface area contributed by atoms with Crippen LogP contribution in [0, 0.1) is 10.1 Å². The quantitative estimate of drug-likeness (QED) is 0.447. The lowest BCUT2D eigenvalue weighted by atomic mass is 10.1. The van der Waals surface area contributed by atoms with Crippen molar-refractivity contribution in [1.29, 1.82) is 0 Å². The molecule has 0 radical (unpaired) electrons. The normalized spacial score (nSPS) is 10.2. The fraction of sp³-hybridized carbons (Fsp3) is 0.167. The second-order valence-electron chi connectivity index (χ2n) is 3.12. The van der Waals surface area contributed by atoms with E-state index < -0.39 is 4.92 Å². The summed E-state index contributed by atoms with van der Waals surface area (Å²) < 4.78 is 10.1. The Morgan fingerprint density at radius 2 is 1.88 bits per heavy atom. The molecule has 0 unspecified atom stereocenters. The van der Waals surface area contributed by atoms with E-state index in [-0.39, 0.29) is 5.69 Å². The summed E-state index contributed by atoms with van der Waals surface area (Å²) in [7, 11) is 2.91. The summed E-state index contributed by atoms with van der Waals surface area (Å²) >= 11 is 0. The molecule has 0 aliphatic heterocycles. The van der Waals surface area contributed by atoms with Crippen LogP contribution < -0.4 is 9.47 Å². The van der Waals surface area contributed by atoms with E-state index in [4.69, 9.17) is 9.47 Å². The highest BCUT2D eigenvalue weighted by Gasteiger charge is 2.17.